The van der Waals surface area contributed by atoms with Crippen LogP contribution in [-0.2, 0) is 0 Å². The number of para-hydroxylation sites is 2. The standard InChI is InChI=1S/C18H11NO3/c20-10-11-8-9-16(22-11)13-5-3-6-14-17(13)19-15-7-2-1-4-12(15)18(14)21/h1-10H,(H,19,21). The fourth-order valence-electron chi connectivity index (χ4n) is 2.71. The van der Waals surface area contributed by atoms with Gasteiger partial charge in [-0.05, 0) is 36.4 Å². The van der Waals surface area contributed by atoms with Crippen LogP contribution < -0.4 is 5.43 Å². The lowest BCUT2D eigenvalue weighted by molar-refractivity contribution is 0.110. The number of rotatable bonds is 2. The summed E-state index contributed by atoms with van der Waals surface area (Å²) in [6, 6.07) is 16.2. The number of furan rings is 1. The van der Waals surface area contributed by atoms with Crippen LogP contribution in [0.3, 0.4) is 0 Å². The molecule has 0 saturated heterocycles. The van der Waals surface area contributed by atoms with Crippen LogP contribution in [0.2, 0.25) is 0 Å². The van der Waals surface area contributed by atoms with Crippen molar-refractivity contribution in [1.29, 1.82) is 0 Å². The molecule has 4 aromatic rings. The van der Waals surface area contributed by atoms with Crippen molar-refractivity contribution in [2.24, 2.45) is 0 Å². The summed E-state index contributed by atoms with van der Waals surface area (Å²) < 4.78 is 5.49. The van der Waals surface area contributed by atoms with Gasteiger partial charge in [-0.25, -0.2) is 0 Å². The minimum Gasteiger partial charge on any atom is -0.453 e. The van der Waals surface area contributed by atoms with Crippen LogP contribution in [0.4, 0.5) is 0 Å². The van der Waals surface area contributed by atoms with Crippen LogP contribution in [-0.4, -0.2) is 11.3 Å². The van der Waals surface area contributed by atoms with E-state index < -0.39 is 0 Å². The average Bonchev–Trinajstić information content (AvgIpc) is 3.04. The Morgan fingerprint density at radius 3 is 2.55 bits per heavy atom. The van der Waals surface area contributed by atoms with Crippen molar-refractivity contribution in [3.8, 4) is 11.3 Å². The Bertz CT molecular complexity index is 1070. The first kappa shape index (κ1) is 12.6. The average molecular weight is 289 g/mol. The van der Waals surface area contributed by atoms with Gasteiger partial charge in [0, 0.05) is 21.9 Å². The van der Waals surface area contributed by atoms with Gasteiger partial charge >= 0.3 is 0 Å². The fourth-order valence-corrected chi connectivity index (χ4v) is 2.71. The van der Waals surface area contributed by atoms with Gasteiger partial charge in [0.05, 0.1) is 5.52 Å². The van der Waals surface area contributed by atoms with Gasteiger partial charge in [-0.3, -0.25) is 9.59 Å². The molecule has 0 spiro atoms. The van der Waals surface area contributed by atoms with Gasteiger partial charge in [-0.2, -0.15) is 0 Å². The molecule has 4 nitrogen and oxygen atoms in total. The van der Waals surface area contributed by atoms with Crippen molar-refractivity contribution in [3.05, 3.63) is 70.6 Å². The van der Waals surface area contributed by atoms with E-state index in [4.69, 9.17) is 4.42 Å². The molecular formula is C18H11NO3. The number of carbonyl (C=O) groups is 1. The van der Waals surface area contributed by atoms with Crippen LogP contribution in [0.5, 0.6) is 0 Å². The summed E-state index contributed by atoms with van der Waals surface area (Å²) in [7, 11) is 0. The van der Waals surface area contributed by atoms with Crippen LogP contribution in [0.25, 0.3) is 33.1 Å². The molecule has 0 atom stereocenters. The van der Waals surface area contributed by atoms with E-state index in [1.807, 2.05) is 30.3 Å². The predicted molar refractivity (Wildman–Crippen MR) is 85.2 cm³/mol. The third-order valence-electron chi connectivity index (χ3n) is 3.75. The molecule has 4 heteroatoms. The van der Waals surface area contributed by atoms with Gasteiger partial charge in [-0.15, -0.1) is 0 Å². The molecule has 2 aromatic carbocycles. The Balaban J connectivity index is 2.12. The number of benzene rings is 2. The molecule has 0 aliphatic carbocycles. The third-order valence-corrected chi connectivity index (χ3v) is 3.75. The van der Waals surface area contributed by atoms with E-state index in [2.05, 4.69) is 4.98 Å². The predicted octanol–water partition coefficient (Wildman–Crippen LogP) is 3.75. The van der Waals surface area contributed by atoms with Gasteiger partial charge in [0.1, 0.15) is 5.76 Å². The maximum atomic E-state index is 12.6. The van der Waals surface area contributed by atoms with Gasteiger partial charge in [0.2, 0.25) is 0 Å². The summed E-state index contributed by atoms with van der Waals surface area (Å²) >= 11 is 0. The van der Waals surface area contributed by atoms with Gasteiger partial charge in [0.15, 0.2) is 17.5 Å². The van der Waals surface area contributed by atoms with Gasteiger partial charge < -0.3 is 9.40 Å². The number of aromatic amines is 1. The summed E-state index contributed by atoms with van der Waals surface area (Å²) in [5, 5.41) is 1.25. The first-order valence-corrected chi connectivity index (χ1v) is 6.87. The lowest BCUT2D eigenvalue weighted by Gasteiger charge is -2.06. The largest absolute Gasteiger partial charge is 0.453 e. The van der Waals surface area contributed by atoms with E-state index in [0.717, 1.165) is 11.1 Å². The number of fused-ring (bicyclic) bond motifs is 2. The molecule has 22 heavy (non-hydrogen) atoms. The Kier molecular flexibility index (Phi) is 2.69. The zero-order valence-electron chi connectivity index (χ0n) is 11.5. The van der Waals surface area contributed by atoms with Crippen LogP contribution in [0.1, 0.15) is 10.6 Å². The van der Waals surface area contributed by atoms with E-state index >= 15 is 0 Å². The highest BCUT2D eigenvalue weighted by Crippen LogP contribution is 2.28. The zero-order valence-corrected chi connectivity index (χ0v) is 11.5. The fraction of sp³-hybridized carbons (Fsp3) is 0. The minimum atomic E-state index is -0.0200. The first-order chi connectivity index (χ1) is 10.8. The van der Waals surface area contributed by atoms with Gasteiger partial charge in [0.25, 0.3) is 0 Å². The molecule has 0 aliphatic rings. The summed E-state index contributed by atoms with van der Waals surface area (Å²) in [5.41, 5.74) is 2.22. The SMILES string of the molecule is O=Cc1ccc(-c2cccc3c(=O)c4ccccc4[nH]c23)o1. The molecule has 0 fully saturated rings. The summed E-state index contributed by atoms with van der Waals surface area (Å²) in [4.78, 5) is 26.7. The zero-order chi connectivity index (χ0) is 15.1. The highest BCUT2D eigenvalue weighted by Gasteiger charge is 2.12. The number of nitrogens with one attached hydrogen (secondary N) is 1. The third kappa shape index (κ3) is 1.78. The number of carbonyl (C=O) groups excluding carboxylic acids is 1. The van der Waals surface area contributed by atoms with Crippen molar-refractivity contribution in [3.63, 3.8) is 0 Å². The number of H-pyrrole nitrogens is 1. The maximum Gasteiger partial charge on any atom is 0.197 e. The molecule has 2 heterocycles. The van der Waals surface area contributed by atoms with E-state index in [-0.39, 0.29) is 11.2 Å². The molecule has 0 unspecified atom stereocenters. The topological polar surface area (TPSA) is 63.1 Å². The van der Waals surface area contributed by atoms with E-state index in [1.165, 1.54) is 0 Å². The quantitative estimate of drug-likeness (QED) is 0.451. The molecule has 0 aliphatic heterocycles. The van der Waals surface area contributed by atoms with Crippen molar-refractivity contribution in [1.82, 2.24) is 4.98 Å². The van der Waals surface area contributed by atoms with E-state index in [9.17, 15) is 9.59 Å². The molecular weight excluding hydrogens is 278 g/mol. The molecule has 106 valence electrons. The number of hydrogen-bond acceptors (Lipinski definition) is 3. The molecule has 4 rings (SSSR count). The van der Waals surface area contributed by atoms with Crippen molar-refractivity contribution in [2.75, 3.05) is 0 Å². The Morgan fingerprint density at radius 2 is 1.73 bits per heavy atom. The number of hydrogen-bond donors (Lipinski definition) is 1. The van der Waals surface area contributed by atoms with E-state index in [0.29, 0.717) is 28.3 Å². The Morgan fingerprint density at radius 1 is 0.909 bits per heavy atom. The number of aldehydes is 1. The number of pyridine rings is 1. The molecule has 0 amide bonds. The Hall–Kier alpha value is -3.14. The highest BCUT2D eigenvalue weighted by molar-refractivity contribution is 5.99. The highest BCUT2D eigenvalue weighted by atomic mass is 16.3. The molecule has 0 saturated carbocycles. The maximum absolute atomic E-state index is 12.6. The van der Waals surface area contributed by atoms with Crippen LogP contribution in [0.15, 0.2) is 63.8 Å². The second-order valence-electron chi connectivity index (χ2n) is 5.05. The molecule has 0 radical (unpaired) electrons. The Labute approximate surface area is 125 Å². The second-order valence-corrected chi connectivity index (χ2v) is 5.05. The lowest BCUT2D eigenvalue weighted by Crippen LogP contribution is -2.04. The monoisotopic (exact) mass is 289 g/mol. The van der Waals surface area contributed by atoms with Crippen molar-refractivity contribution in [2.45, 2.75) is 0 Å². The molecule has 2 aromatic heterocycles. The van der Waals surface area contributed by atoms with Crippen molar-refractivity contribution < 1.29 is 9.21 Å². The normalized spacial score (nSPS) is 11.1. The summed E-state index contributed by atoms with van der Waals surface area (Å²) in [6.07, 6.45) is 0.659. The van der Waals surface area contributed by atoms with Crippen LogP contribution >= 0.6 is 0 Å². The summed E-state index contributed by atoms with van der Waals surface area (Å²) in [5.74, 6) is 0.814. The number of aromatic nitrogens is 1. The lowest BCUT2D eigenvalue weighted by atomic mass is 10.0. The smallest absolute Gasteiger partial charge is 0.197 e. The van der Waals surface area contributed by atoms with E-state index in [1.54, 1.807) is 24.3 Å². The summed E-state index contributed by atoms with van der Waals surface area (Å²) in [6.45, 7) is 0. The molecule has 0 bridgehead atoms. The second kappa shape index (κ2) is 4.70. The van der Waals surface area contributed by atoms with Crippen molar-refractivity contribution >= 4 is 28.1 Å². The molecule has 1 N–H and O–H groups in total. The van der Waals surface area contributed by atoms with Crippen LogP contribution in [0, 0.1) is 0 Å². The first-order valence-electron chi connectivity index (χ1n) is 6.87. The minimum absolute atomic E-state index is 0.0200. The van der Waals surface area contributed by atoms with Gasteiger partial charge in [-0.1, -0.05) is 18.2 Å².